The Kier molecular flexibility index (Phi) is 3.38. The largest absolute Gasteiger partial charge is 0.454 e. The number of esters is 1. The lowest BCUT2D eigenvalue weighted by Gasteiger charge is -2.27. The Morgan fingerprint density at radius 1 is 0.778 bits per heavy atom. The summed E-state index contributed by atoms with van der Waals surface area (Å²) in [5, 5.41) is 4.47. The van der Waals surface area contributed by atoms with Crippen LogP contribution in [0.5, 0.6) is 0 Å². The van der Waals surface area contributed by atoms with E-state index in [0.29, 0.717) is 5.56 Å². The Morgan fingerprint density at radius 3 is 2.22 bits per heavy atom. The van der Waals surface area contributed by atoms with Gasteiger partial charge in [-0.3, -0.25) is 0 Å². The molecule has 1 heterocycles. The van der Waals surface area contributed by atoms with Crippen molar-refractivity contribution >= 4 is 27.5 Å². The van der Waals surface area contributed by atoms with E-state index in [1.165, 1.54) is 16.5 Å². The third-order valence-corrected chi connectivity index (χ3v) is 5.78. The first-order valence-electron chi connectivity index (χ1n) is 9.32. The van der Waals surface area contributed by atoms with Crippen molar-refractivity contribution in [2.24, 2.45) is 0 Å². The van der Waals surface area contributed by atoms with Gasteiger partial charge in [0.2, 0.25) is 0 Å². The van der Waals surface area contributed by atoms with E-state index in [2.05, 4.69) is 56.3 Å². The molecule has 1 atom stereocenters. The lowest BCUT2D eigenvalue weighted by atomic mass is 9.83. The minimum Gasteiger partial charge on any atom is -0.454 e. The zero-order valence-electron chi connectivity index (χ0n) is 15.7. The minimum atomic E-state index is -0.235. The van der Waals surface area contributed by atoms with Crippen LogP contribution in [0.4, 0.5) is 0 Å². The summed E-state index contributed by atoms with van der Waals surface area (Å²) in [7, 11) is 0. The molecular formula is C25H20O2. The van der Waals surface area contributed by atoms with E-state index in [1.807, 2.05) is 25.1 Å². The highest BCUT2D eigenvalue weighted by Gasteiger charge is 2.30. The maximum Gasteiger partial charge on any atom is 0.340 e. The van der Waals surface area contributed by atoms with Crippen LogP contribution in [-0.2, 0) is 4.74 Å². The van der Waals surface area contributed by atoms with E-state index in [1.54, 1.807) is 0 Å². The van der Waals surface area contributed by atoms with E-state index in [9.17, 15) is 4.79 Å². The molecule has 0 N–H and O–H groups in total. The number of cyclic esters (lactones) is 1. The van der Waals surface area contributed by atoms with Crippen LogP contribution in [0.15, 0.2) is 60.7 Å². The highest BCUT2D eigenvalue weighted by Crippen LogP contribution is 2.45. The molecule has 0 saturated carbocycles. The molecule has 0 bridgehead atoms. The number of fused-ring (bicyclic) bond motifs is 2. The summed E-state index contributed by atoms with van der Waals surface area (Å²) in [5.41, 5.74) is 6.28. The molecule has 0 fully saturated rings. The molecule has 4 aromatic rings. The summed E-state index contributed by atoms with van der Waals surface area (Å²) in [6.07, 6.45) is -0.235. The van der Waals surface area contributed by atoms with Gasteiger partial charge in [-0.25, -0.2) is 4.79 Å². The normalized spacial score (nSPS) is 16.0. The van der Waals surface area contributed by atoms with E-state index in [0.717, 1.165) is 32.8 Å². The Labute approximate surface area is 158 Å². The number of ether oxygens (including phenoxy) is 1. The molecule has 2 nitrogen and oxygen atoms in total. The fraction of sp³-hybridized carbons (Fsp3) is 0.160. The predicted molar refractivity (Wildman–Crippen MR) is 110 cm³/mol. The molecule has 0 amide bonds. The molecule has 1 aliphatic heterocycles. The van der Waals surface area contributed by atoms with Crippen LogP contribution < -0.4 is 0 Å². The van der Waals surface area contributed by atoms with Gasteiger partial charge in [0.25, 0.3) is 0 Å². The molecule has 0 aromatic heterocycles. The van der Waals surface area contributed by atoms with Crippen LogP contribution in [0.1, 0.15) is 40.1 Å². The fourth-order valence-corrected chi connectivity index (χ4v) is 4.31. The summed E-state index contributed by atoms with van der Waals surface area (Å²) in [6, 6.07) is 20.9. The Balaban J connectivity index is 2.10. The van der Waals surface area contributed by atoms with Crippen molar-refractivity contribution in [1.82, 2.24) is 0 Å². The van der Waals surface area contributed by atoms with Gasteiger partial charge in [-0.15, -0.1) is 0 Å². The van der Waals surface area contributed by atoms with Crippen LogP contribution in [0.2, 0.25) is 0 Å². The summed E-state index contributed by atoms with van der Waals surface area (Å²) < 4.78 is 5.73. The van der Waals surface area contributed by atoms with Crippen molar-refractivity contribution < 1.29 is 9.53 Å². The van der Waals surface area contributed by atoms with Crippen LogP contribution in [0.25, 0.3) is 32.7 Å². The number of carbonyl (C=O) groups is 1. The molecule has 0 aliphatic carbocycles. The van der Waals surface area contributed by atoms with Gasteiger partial charge in [0.05, 0.1) is 5.56 Å². The summed E-state index contributed by atoms with van der Waals surface area (Å²) in [4.78, 5) is 13.0. The molecule has 5 rings (SSSR count). The Bertz CT molecular complexity index is 1240. The smallest absolute Gasteiger partial charge is 0.340 e. The van der Waals surface area contributed by atoms with E-state index in [4.69, 9.17) is 4.74 Å². The van der Waals surface area contributed by atoms with Crippen molar-refractivity contribution in [3.63, 3.8) is 0 Å². The highest BCUT2D eigenvalue weighted by molar-refractivity contribution is 6.24. The SMILES string of the molecule is Cc1cc2c(-c3ccccc3)c3c4c(cccc4c2cc1C)C(C)OC3=O. The minimum absolute atomic E-state index is 0.231. The second-order valence-corrected chi connectivity index (χ2v) is 7.42. The molecule has 132 valence electrons. The quantitative estimate of drug-likeness (QED) is 0.288. The Morgan fingerprint density at radius 2 is 1.48 bits per heavy atom. The summed E-state index contributed by atoms with van der Waals surface area (Å²) in [5.74, 6) is -0.231. The van der Waals surface area contributed by atoms with Gasteiger partial charge in [0, 0.05) is 16.5 Å². The summed E-state index contributed by atoms with van der Waals surface area (Å²) in [6.45, 7) is 6.21. The first kappa shape index (κ1) is 16.1. The summed E-state index contributed by atoms with van der Waals surface area (Å²) >= 11 is 0. The Hall–Kier alpha value is -3.13. The molecule has 1 aliphatic rings. The van der Waals surface area contributed by atoms with Gasteiger partial charge in [-0.05, 0) is 53.6 Å². The third kappa shape index (κ3) is 2.23. The van der Waals surface area contributed by atoms with Crippen molar-refractivity contribution in [1.29, 1.82) is 0 Å². The van der Waals surface area contributed by atoms with Gasteiger partial charge in [-0.1, -0.05) is 60.7 Å². The zero-order valence-corrected chi connectivity index (χ0v) is 15.7. The predicted octanol–water partition coefficient (Wildman–Crippen LogP) is 6.51. The topological polar surface area (TPSA) is 26.3 Å². The van der Waals surface area contributed by atoms with Gasteiger partial charge >= 0.3 is 5.97 Å². The number of aryl methyl sites for hydroxylation is 2. The monoisotopic (exact) mass is 352 g/mol. The van der Waals surface area contributed by atoms with Crippen molar-refractivity contribution in [2.75, 3.05) is 0 Å². The van der Waals surface area contributed by atoms with Gasteiger partial charge in [-0.2, -0.15) is 0 Å². The molecule has 1 unspecified atom stereocenters. The van der Waals surface area contributed by atoms with Crippen LogP contribution >= 0.6 is 0 Å². The van der Waals surface area contributed by atoms with Crippen LogP contribution in [0.3, 0.4) is 0 Å². The first-order valence-corrected chi connectivity index (χ1v) is 9.32. The maximum atomic E-state index is 13.0. The van der Waals surface area contributed by atoms with Crippen molar-refractivity contribution in [3.05, 3.63) is 82.9 Å². The number of hydrogen-bond donors (Lipinski definition) is 0. The lowest BCUT2D eigenvalue weighted by molar-refractivity contribution is 0.0326. The number of rotatable bonds is 1. The maximum absolute atomic E-state index is 13.0. The average Bonchev–Trinajstić information content (AvgIpc) is 2.67. The van der Waals surface area contributed by atoms with E-state index < -0.39 is 0 Å². The van der Waals surface area contributed by atoms with E-state index in [-0.39, 0.29) is 12.1 Å². The van der Waals surface area contributed by atoms with Gasteiger partial charge in [0.1, 0.15) is 6.10 Å². The number of benzene rings is 4. The third-order valence-electron chi connectivity index (χ3n) is 5.78. The molecular weight excluding hydrogens is 332 g/mol. The van der Waals surface area contributed by atoms with Crippen LogP contribution in [-0.4, -0.2) is 5.97 Å². The first-order chi connectivity index (χ1) is 13.1. The van der Waals surface area contributed by atoms with Gasteiger partial charge < -0.3 is 4.74 Å². The molecule has 0 saturated heterocycles. The zero-order chi connectivity index (χ0) is 18.7. The van der Waals surface area contributed by atoms with Crippen LogP contribution in [0, 0.1) is 13.8 Å². The average molecular weight is 352 g/mol. The molecule has 0 spiro atoms. The number of carbonyl (C=O) groups excluding carboxylic acids is 1. The molecule has 27 heavy (non-hydrogen) atoms. The molecule has 0 radical (unpaired) electrons. The molecule has 2 heteroatoms. The standard InChI is InChI=1S/C25H20O2/c1-14-12-20-19-11-7-10-18-16(3)27-25(26)24(23(18)19)22(21(20)13-15(14)2)17-8-5-4-6-9-17/h4-13,16H,1-3H3. The second-order valence-electron chi connectivity index (χ2n) is 7.42. The van der Waals surface area contributed by atoms with Gasteiger partial charge in [0.15, 0.2) is 0 Å². The van der Waals surface area contributed by atoms with Crippen molar-refractivity contribution in [2.45, 2.75) is 26.9 Å². The van der Waals surface area contributed by atoms with E-state index >= 15 is 0 Å². The fourth-order valence-electron chi connectivity index (χ4n) is 4.31. The number of hydrogen-bond acceptors (Lipinski definition) is 2. The second kappa shape index (κ2) is 5.68. The van der Waals surface area contributed by atoms with Crippen molar-refractivity contribution in [3.8, 4) is 11.1 Å². The molecule has 4 aromatic carbocycles. The highest BCUT2D eigenvalue weighted by atomic mass is 16.5. The lowest BCUT2D eigenvalue weighted by Crippen LogP contribution is -2.17.